The molecule has 7 rings (SSSR count). The van der Waals surface area contributed by atoms with Crippen molar-refractivity contribution in [3.63, 3.8) is 0 Å². The number of para-hydroxylation sites is 1. The molecule has 0 radical (unpaired) electrons. The van der Waals surface area contributed by atoms with Crippen molar-refractivity contribution in [3.05, 3.63) is 47.2 Å². The molecule has 37 heavy (non-hydrogen) atoms. The van der Waals surface area contributed by atoms with Crippen LogP contribution in [-0.4, -0.2) is 63.4 Å². The van der Waals surface area contributed by atoms with Crippen LogP contribution in [0.4, 0.5) is 0 Å². The van der Waals surface area contributed by atoms with E-state index in [1.54, 1.807) is 6.08 Å². The maximum absolute atomic E-state index is 13.4. The van der Waals surface area contributed by atoms with Crippen molar-refractivity contribution in [2.24, 2.45) is 11.3 Å². The van der Waals surface area contributed by atoms with E-state index in [1.807, 2.05) is 19.9 Å². The number of fused-ring (bicyclic) bond motifs is 9. The van der Waals surface area contributed by atoms with Crippen LogP contribution in [0.15, 0.2) is 35.9 Å². The average Bonchev–Trinajstić information content (AvgIpc) is 3.44. The van der Waals surface area contributed by atoms with Crippen molar-refractivity contribution >= 4 is 16.7 Å². The summed E-state index contributed by atoms with van der Waals surface area (Å²) in [4.78, 5) is 17.1. The van der Waals surface area contributed by atoms with Gasteiger partial charge in [-0.1, -0.05) is 32.0 Å². The van der Waals surface area contributed by atoms with E-state index < -0.39 is 34.6 Å². The van der Waals surface area contributed by atoms with Crippen LogP contribution in [0.2, 0.25) is 0 Å². The summed E-state index contributed by atoms with van der Waals surface area (Å²) in [5.74, 6) is -1.05. The quantitative estimate of drug-likeness (QED) is 0.546. The Morgan fingerprint density at radius 2 is 1.95 bits per heavy atom. The topological polar surface area (TPSA) is 101 Å². The fraction of sp³-hybridized carbons (Fsp3) is 0.633. The molecule has 0 unspecified atom stereocenters. The van der Waals surface area contributed by atoms with Crippen LogP contribution < -0.4 is 0 Å². The predicted octanol–water partition coefficient (Wildman–Crippen LogP) is 3.70. The van der Waals surface area contributed by atoms with Gasteiger partial charge in [-0.25, -0.2) is 0 Å². The number of carbonyl (C=O) groups is 1. The number of benzene rings is 1. The van der Waals surface area contributed by atoms with Crippen molar-refractivity contribution < 1.29 is 29.2 Å². The number of aliphatic hydroxyl groups excluding tert-OH is 1. The first-order valence-electron chi connectivity index (χ1n) is 13.7. The SMILES string of the molecule is CC1(C)O[C@@]23CC[C@]4(C)[C@@]5(C)c6[nH]c7ccccc7c6C[C@@H]5C[C@H](OCCCO)[C@@]4(O)C2=CC(=O)[C@@H]1O3. The number of aromatic amines is 1. The Kier molecular flexibility index (Phi) is 4.76. The van der Waals surface area contributed by atoms with Crippen LogP contribution >= 0.6 is 0 Å². The second-order valence-corrected chi connectivity index (χ2v) is 12.8. The molecular formula is C30H37NO6. The summed E-state index contributed by atoms with van der Waals surface area (Å²) < 4.78 is 19.4. The van der Waals surface area contributed by atoms with Gasteiger partial charge in [0.1, 0.15) is 11.2 Å². The first kappa shape index (κ1) is 24.0. The number of hydrogen-bond donors (Lipinski definition) is 3. The number of aromatic nitrogens is 1. The molecule has 198 valence electrons. The van der Waals surface area contributed by atoms with E-state index >= 15 is 0 Å². The highest BCUT2D eigenvalue weighted by atomic mass is 16.8. The minimum atomic E-state index is -1.49. The molecule has 7 atom stereocenters. The normalized spacial score (nSPS) is 43.2. The largest absolute Gasteiger partial charge is 0.396 e. The Hall–Kier alpha value is -2.03. The Morgan fingerprint density at radius 1 is 1.16 bits per heavy atom. The highest BCUT2D eigenvalue weighted by Crippen LogP contribution is 2.72. The summed E-state index contributed by atoms with van der Waals surface area (Å²) in [7, 11) is 0. The lowest BCUT2D eigenvalue weighted by atomic mass is 9.41. The van der Waals surface area contributed by atoms with Gasteiger partial charge in [-0.2, -0.15) is 0 Å². The van der Waals surface area contributed by atoms with E-state index in [-0.39, 0.29) is 23.7 Å². The lowest BCUT2D eigenvalue weighted by molar-refractivity contribution is -0.280. The summed E-state index contributed by atoms with van der Waals surface area (Å²) >= 11 is 0. The second-order valence-electron chi connectivity index (χ2n) is 12.8. The first-order valence-corrected chi connectivity index (χ1v) is 13.7. The Labute approximate surface area is 217 Å². The number of ether oxygens (including phenoxy) is 3. The highest BCUT2D eigenvalue weighted by molar-refractivity contribution is 5.97. The molecule has 1 saturated heterocycles. The van der Waals surface area contributed by atoms with E-state index in [1.165, 1.54) is 16.6 Å². The van der Waals surface area contributed by atoms with Crippen molar-refractivity contribution in [2.45, 2.75) is 94.4 Å². The third kappa shape index (κ3) is 2.67. The monoisotopic (exact) mass is 507 g/mol. The minimum absolute atomic E-state index is 0.0212. The molecule has 3 heterocycles. The molecule has 1 aromatic heterocycles. The molecule has 7 nitrogen and oxygen atoms in total. The lowest BCUT2D eigenvalue weighted by Gasteiger charge is -2.67. The predicted molar refractivity (Wildman–Crippen MR) is 137 cm³/mol. The third-order valence-electron chi connectivity index (χ3n) is 10.9. The Balaban J connectivity index is 1.43. The Bertz CT molecular complexity index is 1340. The number of ketones is 1. The zero-order chi connectivity index (χ0) is 26.0. The molecule has 0 amide bonds. The third-order valence-corrected chi connectivity index (χ3v) is 10.9. The lowest BCUT2D eigenvalue weighted by Crippen LogP contribution is -2.74. The van der Waals surface area contributed by atoms with Crippen molar-refractivity contribution in [1.29, 1.82) is 0 Å². The fourth-order valence-corrected chi connectivity index (χ4v) is 8.88. The average molecular weight is 508 g/mol. The van der Waals surface area contributed by atoms with Gasteiger partial charge < -0.3 is 29.4 Å². The van der Waals surface area contributed by atoms with Gasteiger partial charge >= 0.3 is 0 Å². The van der Waals surface area contributed by atoms with E-state index in [0.29, 0.717) is 37.9 Å². The summed E-state index contributed by atoms with van der Waals surface area (Å²) in [5.41, 5.74) is 0.819. The number of hydrogen-bond acceptors (Lipinski definition) is 6. The first-order chi connectivity index (χ1) is 17.5. The van der Waals surface area contributed by atoms with Crippen molar-refractivity contribution in [3.8, 4) is 0 Å². The summed E-state index contributed by atoms with van der Waals surface area (Å²) in [6.45, 7) is 8.60. The number of carbonyl (C=O) groups excluding carboxylic acids is 1. The summed E-state index contributed by atoms with van der Waals surface area (Å²) in [6, 6.07) is 8.42. The molecule has 1 aromatic carbocycles. The van der Waals surface area contributed by atoms with Crippen molar-refractivity contribution in [1.82, 2.24) is 4.98 Å². The second kappa shape index (κ2) is 7.33. The van der Waals surface area contributed by atoms with Crippen LogP contribution in [0.1, 0.15) is 64.6 Å². The van der Waals surface area contributed by atoms with Gasteiger partial charge in [0.25, 0.3) is 0 Å². The molecule has 2 bridgehead atoms. The Morgan fingerprint density at radius 3 is 2.73 bits per heavy atom. The molecule has 1 spiro atoms. The maximum Gasteiger partial charge on any atom is 0.195 e. The minimum Gasteiger partial charge on any atom is -0.396 e. The molecule has 3 aliphatic carbocycles. The fourth-order valence-electron chi connectivity index (χ4n) is 8.88. The summed E-state index contributed by atoms with van der Waals surface area (Å²) in [5, 5.41) is 23.8. The molecule has 7 heteroatoms. The van der Waals surface area contributed by atoms with Gasteiger partial charge in [0.2, 0.25) is 0 Å². The molecule has 2 aromatic rings. The van der Waals surface area contributed by atoms with Crippen LogP contribution in [0, 0.1) is 11.3 Å². The zero-order valence-electron chi connectivity index (χ0n) is 22.1. The molecular weight excluding hydrogens is 470 g/mol. The standard InChI is InChI=1S/C30H37NO6/c1-26(2)25-21(33)16-22-29(36-25,37-26)11-10-27(3)28(4)17(15-23(30(22,27)34)35-13-7-12-32)14-19-18-8-5-6-9-20(18)31-24(19)28/h5-6,8-9,16-17,23,25,31-32,34H,7,10-15H2,1-4H3/t17-,23+,25+,27-,28-,29+,30+/m1/s1. The van der Waals surface area contributed by atoms with Gasteiger partial charge in [-0.05, 0) is 63.2 Å². The van der Waals surface area contributed by atoms with Gasteiger partial charge in [0.15, 0.2) is 17.7 Å². The van der Waals surface area contributed by atoms with Crippen LogP contribution in [-0.2, 0) is 30.8 Å². The van der Waals surface area contributed by atoms with Gasteiger partial charge in [0.05, 0.1) is 6.10 Å². The zero-order valence-corrected chi connectivity index (χ0v) is 22.1. The van der Waals surface area contributed by atoms with Gasteiger partial charge in [0, 0.05) is 52.6 Å². The van der Waals surface area contributed by atoms with Crippen LogP contribution in [0.25, 0.3) is 10.9 Å². The molecule has 5 aliphatic rings. The van der Waals surface area contributed by atoms with E-state index in [2.05, 4.69) is 37.0 Å². The maximum atomic E-state index is 13.4. The van der Waals surface area contributed by atoms with Crippen LogP contribution in [0.5, 0.6) is 0 Å². The molecule has 2 aliphatic heterocycles. The van der Waals surface area contributed by atoms with E-state index in [0.717, 1.165) is 11.9 Å². The molecule has 2 saturated carbocycles. The van der Waals surface area contributed by atoms with Gasteiger partial charge in [-0.3, -0.25) is 4.79 Å². The van der Waals surface area contributed by atoms with Crippen molar-refractivity contribution in [2.75, 3.05) is 13.2 Å². The summed E-state index contributed by atoms with van der Waals surface area (Å²) in [6.07, 6.45) is 3.63. The van der Waals surface area contributed by atoms with Crippen LogP contribution in [0.3, 0.4) is 0 Å². The van der Waals surface area contributed by atoms with E-state index in [9.17, 15) is 15.0 Å². The number of nitrogens with one attached hydrogen (secondary N) is 1. The molecule has 3 fully saturated rings. The smallest absolute Gasteiger partial charge is 0.195 e. The van der Waals surface area contributed by atoms with E-state index in [4.69, 9.17) is 14.2 Å². The number of aliphatic hydroxyl groups is 2. The van der Waals surface area contributed by atoms with Gasteiger partial charge in [-0.15, -0.1) is 0 Å². The molecule has 3 N–H and O–H groups in total. The number of rotatable bonds is 4. The highest BCUT2D eigenvalue weighted by Gasteiger charge is 2.78. The number of H-pyrrole nitrogens is 1.